The molecule has 1 atom stereocenters. The molecular weight excluding hydrogens is 98.1 g/mol. The Balaban J connectivity index is 2.86. The molecule has 32 valence electrons. The topological polar surface area (TPSA) is 31.0 Å². The van der Waals surface area contributed by atoms with Crippen LogP contribution in [-0.4, -0.2) is 10.4 Å². The number of hydrogen-bond donors (Lipinski definition) is 1. The summed E-state index contributed by atoms with van der Waals surface area (Å²) in [5.41, 5.74) is 0. The highest BCUT2D eigenvalue weighted by Gasteiger charge is 1.84. The smallest absolute Gasteiger partial charge is 0.207 e. The molecule has 0 spiro atoms. The molecule has 0 fully saturated rings. The Morgan fingerprint density at radius 1 is 1.83 bits per heavy atom. The first-order valence-electron chi connectivity index (χ1n) is 1.48. The van der Waals surface area contributed by atoms with Crippen LogP contribution in [0, 0.1) is 0 Å². The van der Waals surface area contributed by atoms with Gasteiger partial charge in [-0.15, -0.1) is 0 Å². The van der Waals surface area contributed by atoms with Crippen molar-refractivity contribution in [2.24, 2.45) is 0 Å². The summed E-state index contributed by atoms with van der Waals surface area (Å²) in [6, 6.07) is 0. The molecule has 0 aliphatic carbocycles. The van der Waals surface area contributed by atoms with Crippen molar-refractivity contribution in [3.8, 4) is 0 Å². The maximum Gasteiger partial charge on any atom is 0.207 e. The molecule has 3 heteroatoms. The average molecular weight is 101 g/mol. The second-order valence-corrected chi connectivity index (χ2v) is 1.92. The second kappa shape index (κ2) is 1.34. The molecule has 0 aromatic rings. The van der Waals surface area contributed by atoms with Crippen LogP contribution in [0.1, 0.15) is 0 Å². The Morgan fingerprint density at radius 3 is 2.83 bits per heavy atom. The molecule has 1 N–H and O–H groups in total. The van der Waals surface area contributed by atoms with Gasteiger partial charge in [0, 0.05) is 0 Å². The van der Waals surface area contributed by atoms with Gasteiger partial charge in [-0.1, -0.05) is 5.41 Å². The van der Waals surface area contributed by atoms with Crippen LogP contribution in [-0.2, 0) is 11.0 Å². The van der Waals surface area contributed by atoms with E-state index in [1.165, 1.54) is 5.41 Å². The standard InChI is InChI=1S/C3H3NOS/c5-6-3-1-2-4-6/h1,3-4H. The summed E-state index contributed by atoms with van der Waals surface area (Å²) < 4.78 is 12.5. The monoisotopic (exact) mass is 101 g/mol. The van der Waals surface area contributed by atoms with Crippen molar-refractivity contribution in [3.63, 3.8) is 0 Å². The number of nitrogens with one attached hydrogen (secondary N) is 1. The minimum atomic E-state index is -0.965. The zero-order valence-corrected chi connectivity index (χ0v) is 3.79. The molecule has 1 aliphatic rings. The predicted molar refractivity (Wildman–Crippen MR) is 23.3 cm³/mol. The summed E-state index contributed by atoms with van der Waals surface area (Å²) in [5, 5.41) is 1.53. The first-order valence-corrected chi connectivity index (χ1v) is 2.69. The Kier molecular flexibility index (Phi) is 0.837. The van der Waals surface area contributed by atoms with Crippen LogP contribution >= 0.6 is 0 Å². The van der Waals surface area contributed by atoms with Crippen LogP contribution < -0.4 is 4.40 Å². The van der Waals surface area contributed by atoms with E-state index in [9.17, 15) is 4.21 Å². The first-order chi connectivity index (χ1) is 2.89. The highest BCUT2D eigenvalue weighted by atomic mass is 32.2. The van der Waals surface area contributed by atoms with E-state index in [1.807, 2.05) is 0 Å². The lowest BCUT2D eigenvalue weighted by atomic mass is 10.7. The van der Waals surface area contributed by atoms with Crippen LogP contribution in [0.2, 0.25) is 0 Å². The van der Waals surface area contributed by atoms with Gasteiger partial charge in [-0.3, -0.25) is 4.40 Å². The normalized spacial score (nSPS) is 29.0. The van der Waals surface area contributed by atoms with Gasteiger partial charge in [0.1, 0.15) is 0 Å². The van der Waals surface area contributed by atoms with E-state index in [-0.39, 0.29) is 0 Å². The lowest BCUT2D eigenvalue weighted by Gasteiger charge is -1.66. The highest BCUT2D eigenvalue weighted by molar-refractivity contribution is 7.81. The lowest BCUT2D eigenvalue weighted by molar-refractivity contribution is -0.244. The number of allylic oxidation sites excluding steroid dienone is 1. The zero-order chi connectivity index (χ0) is 4.41. The van der Waals surface area contributed by atoms with E-state index < -0.39 is 11.0 Å². The van der Waals surface area contributed by atoms with Crippen LogP contribution in [0.15, 0.2) is 11.5 Å². The Bertz CT molecular complexity index is 113. The molecule has 1 rings (SSSR count). The van der Waals surface area contributed by atoms with Gasteiger partial charge in [-0.2, -0.15) is 6.08 Å². The SMILES string of the molecule is O=S1C=C[C-]=[NH+]1. The van der Waals surface area contributed by atoms with Gasteiger partial charge in [0.25, 0.3) is 0 Å². The molecule has 1 heterocycles. The van der Waals surface area contributed by atoms with Gasteiger partial charge >= 0.3 is 0 Å². The summed E-state index contributed by atoms with van der Waals surface area (Å²) in [4.78, 5) is 0. The fraction of sp³-hybridized carbons (Fsp3) is 0. The van der Waals surface area contributed by atoms with Crippen molar-refractivity contribution >= 4 is 17.2 Å². The van der Waals surface area contributed by atoms with Crippen LogP contribution in [0.4, 0.5) is 0 Å². The Morgan fingerprint density at radius 2 is 2.67 bits per heavy atom. The molecular formula is C3H3NOS. The van der Waals surface area contributed by atoms with E-state index in [1.54, 1.807) is 6.08 Å². The fourth-order valence-electron chi connectivity index (χ4n) is 0.222. The third kappa shape index (κ3) is 0.542. The lowest BCUT2D eigenvalue weighted by Crippen LogP contribution is -2.65. The molecule has 0 bridgehead atoms. The van der Waals surface area contributed by atoms with Crippen molar-refractivity contribution in [2.45, 2.75) is 0 Å². The van der Waals surface area contributed by atoms with Crippen molar-refractivity contribution in [2.75, 3.05) is 0 Å². The van der Waals surface area contributed by atoms with Crippen LogP contribution in [0.3, 0.4) is 0 Å². The van der Waals surface area contributed by atoms with Gasteiger partial charge in [0.2, 0.25) is 11.0 Å². The molecule has 0 saturated carbocycles. The first kappa shape index (κ1) is 3.74. The highest BCUT2D eigenvalue weighted by Crippen LogP contribution is 1.69. The molecule has 0 radical (unpaired) electrons. The van der Waals surface area contributed by atoms with E-state index in [2.05, 4.69) is 10.6 Å². The minimum Gasteiger partial charge on any atom is -0.250 e. The van der Waals surface area contributed by atoms with E-state index in [0.717, 1.165) is 0 Å². The second-order valence-electron chi connectivity index (χ2n) is 0.847. The van der Waals surface area contributed by atoms with Crippen LogP contribution in [0.25, 0.3) is 0 Å². The van der Waals surface area contributed by atoms with Crippen molar-refractivity contribution < 1.29 is 8.61 Å². The van der Waals surface area contributed by atoms with Gasteiger partial charge in [-0.25, -0.2) is 4.21 Å². The number of rotatable bonds is 0. The average Bonchev–Trinajstić information content (AvgIpc) is 1.86. The quantitative estimate of drug-likeness (QED) is 0.359. The van der Waals surface area contributed by atoms with E-state index >= 15 is 0 Å². The van der Waals surface area contributed by atoms with Crippen molar-refractivity contribution in [1.82, 2.24) is 0 Å². The maximum absolute atomic E-state index is 10.1. The molecule has 0 amide bonds. The van der Waals surface area contributed by atoms with Crippen LogP contribution in [0.5, 0.6) is 0 Å². The molecule has 0 aromatic carbocycles. The van der Waals surface area contributed by atoms with Gasteiger partial charge < -0.3 is 0 Å². The van der Waals surface area contributed by atoms with Gasteiger partial charge in [0.05, 0.1) is 6.21 Å². The van der Waals surface area contributed by atoms with E-state index in [0.29, 0.717) is 0 Å². The fourth-order valence-corrected chi connectivity index (χ4v) is 0.666. The summed E-state index contributed by atoms with van der Waals surface area (Å²) in [7, 11) is -0.965. The van der Waals surface area contributed by atoms with E-state index in [4.69, 9.17) is 0 Å². The molecule has 0 aromatic heterocycles. The van der Waals surface area contributed by atoms with Crippen molar-refractivity contribution in [3.05, 3.63) is 11.5 Å². The molecule has 6 heavy (non-hydrogen) atoms. The summed E-state index contributed by atoms with van der Waals surface area (Å²) in [5.74, 6) is 0. The molecule has 0 saturated heterocycles. The van der Waals surface area contributed by atoms with Crippen molar-refractivity contribution in [1.29, 1.82) is 0 Å². The predicted octanol–water partition coefficient (Wildman–Crippen LogP) is -1.79. The largest absolute Gasteiger partial charge is 0.250 e. The summed E-state index contributed by atoms with van der Waals surface area (Å²) >= 11 is 0. The third-order valence-electron chi connectivity index (χ3n) is 0.434. The third-order valence-corrected chi connectivity index (χ3v) is 1.14. The molecule has 2 nitrogen and oxygen atoms in total. The molecule has 1 aliphatic heterocycles. The number of hydrogen-bond acceptors (Lipinski definition) is 1. The molecule has 1 unspecified atom stereocenters. The van der Waals surface area contributed by atoms with Gasteiger partial charge in [0.15, 0.2) is 0 Å². The van der Waals surface area contributed by atoms with Gasteiger partial charge in [-0.05, 0) is 0 Å². The summed E-state index contributed by atoms with van der Waals surface area (Å²) in [6.07, 6.45) is 4.13. The Hall–Kier alpha value is -0.440. The zero-order valence-electron chi connectivity index (χ0n) is 2.97. The Labute approximate surface area is 38.2 Å². The maximum atomic E-state index is 10.1. The summed E-state index contributed by atoms with van der Waals surface area (Å²) in [6.45, 7) is 0. The minimum absolute atomic E-state index is 0.965.